The van der Waals surface area contributed by atoms with Crippen molar-refractivity contribution in [2.24, 2.45) is 11.8 Å². The topological polar surface area (TPSA) is 44.1 Å². The van der Waals surface area contributed by atoms with Gasteiger partial charge < -0.3 is 4.74 Å². The molecular formula is C22H30N2O2. The molecule has 0 fully saturated rings. The Labute approximate surface area is 156 Å². The zero-order valence-electron chi connectivity index (χ0n) is 16.6. The van der Waals surface area contributed by atoms with Crippen molar-refractivity contribution in [3.05, 3.63) is 58.5 Å². The minimum atomic E-state index is -0.0976. The minimum Gasteiger partial charge on any atom is -0.487 e. The highest BCUT2D eigenvalue weighted by Crippen LogP contribution is 2.32. The quantitative estimate of drug-likeness (QED) is 0.649. The molecule has 1 aromatic heterocycles. The molecule has 26 heavy (non-hydrogen) atoms. The molecular weight excluding hydrogens is 324 g/mol. The van der Waals surface area contributed by atoms with Crippen LogP contribution in [-0.2, 0) is 13.0 Å². The van der Waals surface area contributed by atoms with Crippen LogP contribution < -0.4 is 10.3 Å². The summed E-state index contributed by atoms with van der Waals surface area (Å²) in [4.78, 5) is 13.3. The largest absolute Gasteiger partial charge is 0.487 e. The molecule has 1 heterocycles. The number of aromatic nitrogens is 2. The second-order valence-corrected chi connectivity index (χ2v) is 7.54. The first kappa shape index (κ1) is 20.0. The summed E-state index contributed by atoms with van der Waals surface area (Å²) < 4.78 is 7.58. The molecule has 0 amide bonds. The van der Waals surface area contributed by atoms with Crippen LogP contribution in [0.3, 0.4) is 0 Å². The number of benzene rings is 1. The van der Waals surface area contributed by atoms with Crippen LogP contribution in [0.15, 0.2) is 41.7 Å². The molecule has 0 radical (unpaired) electrons. The molecule has 0 aliphatic rings. The lowest BCUT2D eigenvalue weighted by Crippen LogP contribution is -2.29. The molecule has 140 valence electrons. The Morgan fingerprint density at radius 1 is 1.19 bits per heavy atom. The molecule has 0 N–H and O–H groups in total. The predicted octanol–water partition coefficient (Wildman–Crippen LogP) is 4.64. The van der Waals surface area contributed by atoms with E-state index < -0.39 is 0 Å². The van der Waals surface area contributed by atoms with Crippen LogP contribution in [0.2, 0.25) is 0 Å². The summed E-state index contributed by atoms with van der Waals surface area (Å²) in [6.45, 7) is 15.2. The van der Waals surface area contributed by atoms with Gasteiger partial charge in [0.25, 0.3) is 5.56 Å². The van der Waals surface area contributed by atoms with Crippen molar-refractivity contribution in [1.29, 1.82) is 0 Å². The molecule has 2 rings (SSSR count). The summed E-state index contributed by atoms with van der Waals surface area (Å²) in [7, 11) is 0. The highest BCUT2D eigenvalue weighted by Gasteiger charge is 2.22. The van der Waals surface area contributed by atoms with Gasteiger partial charge in [0.1, 0.15) is 12.3 Å². The van der Waals surface area contributed by atoms with Crippen LogP contribution in [0.4, 0.5) is 0 Å². The molecule has 0 unspecified atom stereocenters. The van der Waals surface area contributed by atoms with Crippen LogP contribution in [0.1, 0.15) is 39.0 Å². The third-order valence-electron chi connectivity index (χ3n) is 4.08. The van der Waals surface area contributed by atoms with Crippen LogP contribution in [0.25, 0.3) is 11.1 Å². The van der Waals surface area contributed by atoms with E-state index in [1.54, 1.807) is 10.8 Å². The Hall–Kier alpha value is -2.36. The molecule has 0 atom stereocenters. The van der Waals surface area contributed by atoms with Gasteiger partial charge in [0.05, 0.1) is 5.56 Å². The Morgan fingerprint density at radius 3 is 2.46 bits per heavy atom. The summed E-state index contributed by atoms with van der Waals surface area (Å²) >= 11 is 0. The monoisotopic (exact) mass is 354 g/mol. The van der Waals surface area contributed by atoms with Crippen LogP contribution in [0.5, 0.6) is 5.75 Å². The average Bonchev–Trinajstić information content (AvgIpc) is 2.56. The first-order valence-electron chi connectivity index (χ1n) is 9.28. The maximum absolute atomic E-state index is 13.3. The van der Waals surface area contributed by atoms with E-state index in [9.17, 15) is 4.79 Å². The van der Waals surface area contributed by atoms with Crippen LogP contribution in [0, 0.1) is 18.8 Å². The van der Waals surface area contributed by atoms with Gasteiger partial charge in [0.2, 0.25) is 0 Å². The molecule has 4 heteroatoms. The van der Waals surface area contributed by atoms with E-state index in [2.05, 4.69) is 39.4 Å². The number of hydrogen-bond acceptors (Lipinski definition) is 3. The van der Waals surface area contributed by atoms with Crippen molar-refractivity contribution in [3.63, 3.8) is 0 Å². The third kappa shape index (κ3) is 4.63. The van der Waals surface area contributed by atoms with E-state index in [0.717, 1.165) is 23.2 Å². The number of rotatable bonds is 8. The summed E-state index contributed by atoms with van der Waals surface area (Å²) in [6, 6.07) is 7.92. The van der Waals surface area contributed by atoms with Crippen molar-refractivity contribution in [1.82, 2.24) is 9.78 Å². The van der Waals surface area contributed by atoms with E-state index in [1.165, 1.54) is 0 Å². The Kier molecular flexibility index (Phi) is 6.78. The zero-order valence-corrected chi connectivity index (χ0v) is 16.6. The van der Waals surface area contributed by atoms with Gasteiger partial charge in [-0.3, -0.25) is 4.79 Å². The summed E-state index contributed by atoms with van der Waals surface area (Å²) in [6.07, 6.45) is 2.45. The fourth-order valence-electron chi connectivity index (χ4n) is 2.99. The first-order valence-corrected chi connectivity index (χ1v) is 9.28. The van der Waals surface area contributed by atoms with Gasteiger partial charge in [-0.05, 0) is 36.3 Å². The summed E-state index contributed by atoms with van der Waals surface area (Å²) in [5, 5.41) is 4.67. The predicted molar refractivity (Wildman–Crippen MR) is 108 cm³/mol. The molecule has 0 bridgehead atoms. The molecule has 0 spiro atoms. The van der Waals surface area contributed by atoms with Gasteiger partial charge in [0, 0.05) is 6.54 Å². The van der Waals surface area contributed by atoms with Crippen molar-refractivity contribution >= 4 is 0 Å². The second kappa shape index (κ2) is 8.84. The molecule has 0 aliphatic carbocycles. The van der Waals surface area contributed by atoms with Gasteiger partial charge in [0.15, 0.2) is 5.75 Å². The van der Waals surface area contributed by atoms with E-state index >= 15 is 0 Å². The molecule has 0 aliphatic heterocycles. The Morgan fingerprint density at radius 2 is 1.88 bits per heavy atom. The fraction of sp³-hybridized carbons (Fsp3) is 0.455. The van der Waals surface area contributed by atoms with E-state index in [1.807, 2.05) is 31.2 Å². The van der Waals surface area contributed by atoms with Gasteiger partial charge in [-0.2, -0.15) is 5.10 Å². The number of aryl methyl sites for hydroxylation is 1. The van der Waals surface area contributed by atoms with Gasteiger partial charge in [-0.25, -0.2) is 4.68 Å². The second-order valence-electron chi connectivity index (χ2n) is 7.54. The van der Waals surface area contributed by atoms with Gasteiger partial charge in [-0.15, -0.1) is 0 Å². The number of nitrogens with zero attached hydrogens (tertiary/aromatic N) is 2. The molecule has 1 aromatic carbocycles. The first-order chi connectivity index (χ1) is 12.3. The normalized spacial score (nSPS) is 11.2. The third-order valence-corrected chi connectivity index (χ3v) is 4.08. The number of ether oxygens (including phenoxy) is 1. The number of hydrogen-bond donors (Lipinski definition) is 0. The standard InChI is InChI=1S/C22H30N2O2/c1-7-12-26-21-19(13-15(2)3)23-24(14-16(4)5)22(25)20(21)18-11-9-8-10-17(18)6/h7-11,15-16H,1,12-14H2,2-6H3. The summed E-state index contributed by atoms with van der Waals surface area (Å²) in [5.74, 6) is 1.33. The molecule has 2 aromatic rings. The average molecular weight is 354 g/mol. The van der Waals surface area contributed by atoms with Crippen LogP contribution >= 0.6 is 0 Å². The molecule has 0 saturated heterocycles. The van der Waals surface area contributed by atoms with E-state index in [-0.39, 0.29) is 5.56 Å². The minimum absolute atomic E-state index is 0.0976. The summed E-state index contributed by atoms with van der Waals surface area (Å²) in [5.41, 5.74) is 3.29. The fourth-order valence-corrected chi connectivity index (χ4v) is 2.99. The van der Waals surface area contributed by atoms with Crippen molar-refractivity contribution in [2.75, 3.05) is 6.61 Å². The van der Waals surface area contributed by atoms with Crippen molar-refractivity contribution < 1.29 is 4.74 Å². The van der Waals surface area contributed by atoms with E-state index in [0.29, 0.717) is 36.3 Å². The highest BCUT2D eigenvalue weighted by atomic mass is 16.5. The van der Waals surface area contributed by atoms with Crippen molar-refractivity contribution in [3.8, 4) is 16.9 Å². The van der Waals surface area contributed by atoms with Crippen molar-refractivity contribution in [2.45, 2.75) is 47.6 Å². The van der Waals surface area contributed by atoms with Gasteiger partial charge >= 0.3 is 0 Å². The lowest BCUT2D eigenvalue weighted by molar-refractivity contribution is 0.347. The lowest BCUT2D eigenvalue weighted by atomic mass is 9.98. The lowest BCUT2D eigenvalue weighted by Gasteiger charge is -2.19. The smallest absolute Gasteiger partial charge is 0.278 e. The molecule has 4 nitrogen and oxygen atoms in total. The van der Waals surface area contributed by atoms with Crippen LogP contribution in [-0.4, -0.2) is 16.4 Å². The maximum atomic E-state index is 13.3. The Bertz CT molecular complexity index is 819. The zero-order chi connectivity index (χ0) is 19.3. The molecule has 0 saturated carbocycles. The Balaban J connectivity index is 2.80. The maximum Gasteiger partial charge on any atom is 0.278 e. The van der Waals surface area contributed by atoms with Gasteiger partial charge in [-0.1, -0.05) is 64.6 Å². The highest BCUT2D eigenvalue weighted by molar-refractivity contribution is 5.73. The van der Waals surface area contributed by atoms with E-state index in [4.69, 9.17) is 4.74 Å². The SMILES string of the molecule is C=CCOc1c(CC(C)C)nn(CC(C)C)c(=O)c1-c1ccccc1C.